The molecular formula is C14H18F2N2O3S. The third-order valence-corrected chi connectivity index (χ3v) is 6.01. The fourth-order valence-corrected chi connectivity index (χ4v) is 4.89. The van der Waals surface area contributed by atoms with E-state index < -0.39 is 32.6 Å². The summed E-state index contributed by atoms with van der Waals surface area (Å²) in [5.74, 6) is -1.69. The Labute approximate surface area is 128 Å². The zero-order valence-electron chi connectivity index (χ0n) is 12.2. The second kappa shape index (κ2) is 5.84. The molecule has 1 aromatic carbocycles. The number of likely N-dealkylation sites (N-methyl/N-ethyl adjacent to an activating group) is 1. The molecule has 0 aromatic heterocycles. The van der Waals surface area contributed by atoms with E-state index in [2.05, 4.69) is 4.90 Å². The summed E-state index contributed by atoms with van der Waals surface area (Å²) >= 11 is 0. The van der Waals surface area contributed by atoms with Crippen molar-refractivity contribution in [2.75, 3.05) is 39.9 Å². The maximum Gasteiger partial charge on any atom is 0.246 e. The summed E-state index contributed by atoms with van der Waals surface area (Å²) in [5.41, 5.74) is 0. The highest BCUT2D eigenvalue weighted by Gasteiger charge is 2.40. The molecule has 3 rings (SSSR count). The lowest BCUT2D eigenvalue weighted by Crippen LogP contribution is -2.46. The topological polar surface area (TPSA) is 49.9 Å². The number of benzene rings is 1. The average molecular weight is 332 g/mol. The molecule has 0 saturated carbocycles. The van der Waals surface area contributed by atoms with Crippen LogP contribution in [-0.4, -0.2) is 63.6 Å². The second-order valence-corrected chi connectivity index (χ2v) is 7.79. The number of ether oxygens (including phenoxy) is 1. The predicted molar refractivity (Wildman–Crippen MR) is 75.8 cm³/mol. The molecular weight excluding hydrogens is 314 g/mol. The molecule has 122 valence electrons. The number of halogens is 2. The highest BCUT2D eigenvalue weighted by Crippen LogP contribution is 2.27. The summed E-state index contributed by atoms with van der Waals surface area (Å²) in [7, 11) is -2.18. The molecule has 2 fully saturated rings. The second-order valence-electron chi connectivity index (χ2n) is 5.93. The number of sulfonamides is 1. The van der Waals surface area contributed by atoms with Crippen LogP contribution in [0.3, 0.4) is 0 Å². The lowest BCUT2D eigenvalue weighted by Gasteiger charge is -2.29. The molecule has 8 heteroatoms. The van der Waals surface area contributed by atoms with Crippen LogP contribution in [0, 0.1) is 17.6 Å². The Hall–Kier alpha value is -1.09. The minimum absolute atomic E-state index is 0.0175. The monoisotopic (exact) mass is 332 g/mol. The van der Waals surface area contributed by atoms with Gasteiger partial charge in [0.2, 0.25) is 10.0 Å². The van der Waals surface area contributed by atoms with Crippen molar-refractivity contribution in [3.8, 4) is 0 Å². The van der Waals surface area contributed by atoms with Gasteiger partial charge in [0, 0.05) is 25.6 Å². The first kappa shape index (κ1) is 15.8. The molecule has 2 atom stereocenters. The Morgan fingerprint density at radius 2 is 1.95 bits per heavy atom. The maximum absolute atomic E-state index is 13.9. The van der Waals surface area contributed by atoms with Crippen LogP contribution in [-0.2, 0) is 14.8 Å². The van der Waals surface area contributed by atoms with E-state index in [1.807, 2.05) is 7.05 Å². The van der Waals surface area contributed by atoms with E-state index in [1.54, 1.807) is 0 Å². The Morgan fingerprint density at radius 1 is 1.18 bits per heavy atom. The van der Waals surface area contributed by atoms with Gasteiger partial charge >= 0.3 is 0 Å². The van der Waals surface area contributed by atoms with Gasteiger partial charge in [-0.1, -0.05) is 0 Å². The SMILES string of the molecule is CN1C[C@@H]2COC[C@H](C1)N(S(=O)(=O)c1cc(F)ccc1F)C2. The van der Waals surface area contributed by atoms with Gasteiger partial charge in [0.1, 0.15) is 16.5 Å². The summed E-state index contributed by atoms with van der Waals surface area (Å²) in [6.07, 6.45) is 0. The van der Waals surface area contributed by atoms with Gasteiger partial charge in [0.25, 0.3) is 0 Å². The van der Waals surface area contributed by atoms with Crippen LogP contribution in [0.2, 0.25) is 0 Å². The summed E-state index contributed by atoms with van der Waals surface area (Å²) in [4.78, 5) is 1.44. The van der Waals surface area contributed by atoms with Crippen LogP contribution in [0.25, 0.3) is 0 Å². The Balaban J connectivity index is 2.02. The summed E-state index contributed by atoms with van der Waals surface area (Å²) in [6.45, 7) is 2.21. The van der Waals surface area contributed by atoms with Crippen LogP contribution in [0.5, 0.6) is 0 Å². The van der Waals surface area contributed by atoms with Gasteiger partial charge in [-0.15, -0.1) is 0 Å². The average Bonchev–Trinajstić information content (AvgIpc) is 2.72. The van der Waals surface area contributed by atoms with Crippen LogP contribution in [0.4, 0.5) is 8.78 Å². The lowest BCUT2D eigenvalue weighted by molar-refractivity contribution is 0.0659. The summed E-state index contributed by atoms with van der Waals surface area (Å²) in [5, 5.41) is 0. The molecule has 1 aromatic rings. The normalized spacial score (nSPS) is 27.6. The van der Waals surface area contributed by atoms with Crippen LogP contribution < -0.4 is 0 Å². The Morgan fingerprint density at radius 3 is 2.73 bits per heavy atom. The molecule has 2 heterocycles. The highest BCUT2D eigenvalue weighted by atomic mass is 32.2. The number of rotatable bonds is 2. The molecule has 2 bridgehead atoms. The van der Waals surface area contributed by atoms with Gasteiger partial charge in [-0.2, -0.15) is 4.31 Å². The molecule has 5 nitrogen and oxygen atoms in total. The van der Waals surface area contributed by atoms with Crippen LogP contribution in [0.15, 0.2) is 23.1 Å². The van der Waals surface area contributed by atoms with Crippen molar-refractivity contribution in [3.05, 3.63) is 29.8 Å². The van der Waals surface area contributed by atoms with E-state index in [0.29, 0.717) is 19.7 Å². The van der Waals surface area contributed by atoms with Crippen molar-refractivity contribution >= 4 is 10.0 Å². The van der Waals surface area contributed by atoms with Crippen molar-refractivity contribution in [2.24, 2.45) is 5.92 Å². The van der Waals surface area contributed by atoms with E-state index in [-0.39, 0.29) is 19.1 Å². The minimum atomic E-state index is -4.10. The Bertz CT molecular complexity index is 668. The molecule has 2 aliphatic rings. The zero-order valence-corrected chi connectivity index (χ0v) is 13.0. The van der Waals surface area contributed by atoms with Crippen LogP contribution in [0.1, 0.15) is 0 Å². The lowest BCUT2D eigenvalue weighted by atomic mass is 10.1. The quantitative estimate of drug-likeness (QED) is 0.808. The van der Waals surface area contributed by atoms with E-state index in [9.17, 15) is 17.2 Å². The van der Waals surface area contributed by atoms with Gasteiger partial charge in [0.15, 0.2) is 0 Å². The standard InChI is InChI=1S/C14H18F2N2O3S/c1-17-5-10-6-18(12(7-17)9-21-8-10)22(19,20)14-4-11(15)2-3-13(14)16/h2-4,10,12H,5-9H2,1H3/t10-,12-/m0/s1. The molecule has 2 aliphatic heterocycles. The molecule has 22 heavy (non-hydrogen) atoms. The molecule has 2 saturated heterocycles. The number of nitrogens with zero attached hydrogens (tertiary/aromatic N) is 2. The predicted octanol–water partition coefficient (Wildman–Crippen LogP) is 0.916. The minimum Gasteiger partial charge on any atom is -0.379 e. The van der Waals surface area contributed by atoms with Gasteiger partial charge < -0.3 is 9.64 Å². The molecule has 0 amide bonds. The van der Waals surface area contributed by atoms with Crippen molar-refractivity contribution in [1.29, 1.82) is 0 Å². The van der Waals surface area contributed by atoms with Crippen molar-refractivity contribution in [2.45, 2.75) is 10.9 Å². The third-order valence-electron chi connectivity index (χ3n) is 4.08. The highest BCUT2D eigenvalue weighted by molar-refractivity contribution is 7.89. The first-order chi connectivity index (χ1) is 10.4. The first-order valence-electron chi connectivity index (χ1n) is 7.11. The van der Waals surface area contributed by atoms with Gasteiger partial charge in [-0.25, -0.2) is 17.2 Å². The summed E-state index contributed by atoms with van der Waals surface area (Å²) < 4.78 is 59.7. The van der Waals surface area contributed by atoms with Crippen molar-refractivity contribution in [1.82, 2.24) is 9.21 Å². The molecule has 0 unspecified atom stereocenters. The Kier molecular flexibility index (Phi) is 4.19. The molecule has 0 aliphatic carbocycles. The largest absolute Gasteiger partial charge is 0.379 e. The third kappa shape index (κ3) is 2.88. The van der Waals surface area contributed by atoms with Crippen molar-refractivity contribution < 1.29 is 21.9 Å². The van der Waals surface area contributed by atoms with E-state index in [4.69, 9.17) is 4.74 Å². The number of fused-ring (bicyclic) bond motifs is 3. The number of hydrogen-bond acceptors (Lipinski definition) is 4. The van der Waals surface area contributed by atoms with Gasteiger partial charge in [-0.05, 0) is 25.2 Å². The van der Waals surface area contributed by atoms with Gasteiger partial charge in [0.05, 0.1) is 19.3 Å². The molecule has 0 radical (unpaired) electrons. The fourth-order valence-electron chi connectivity index (χ4n) is 3.14. The van der Waals surface area contributed by atoms with E-state index >= 15 is 0 Å². The molecule has 0 spiro atoms. The smallest absolute Gasteiger partial charge is 0.246 e. The zero-order chi connectivity index (χ0) is 15.9. The number of hydrogen-bond donors (Lipinski definition) is 0. The first-order valence-corrected chi connectivity index (χ1v) is 8.55. The maximum atomic E-state index is 13.9. The van der Waals surface area contributed by atoms with E-state index in [1.165, 1.54) is 4.31 Å². The fraction of sp³-hybridized carbons (Fsp3) is 0.571. The van der Waals surface area contributed by atoms with E-state index in [0.717, 1.165) is 18.2 Å². The van der Waals surface area contributed by atoms with Crippen LogP contribution >= 0.6 is 0 Å². The van der Waals surface area contributed by atoms with Crippen molar-refractivity contribution in [3.63, 3.8) is 0 Å². The summed E-state index contributed by atoms with van der Waals surface area (Å²) in [6, 6.07) is 2.09. The molecule has 0 N–H and O–H groups in total. The van der Waals surface area contributed by atoms with Gasteiger partial charge in [-0.3, -0.25) is 0 Å².